The molecule has 0 saturated heterocycles. The zero-order valence-electron chi connectivity index (χ0n) is 23.0. The lowest BCUT2D eigenvalue weighted by atomic mass is 9.95. The average molecular weight is 594 g/mol. The molecule has 0 aliphatic carbocycles. The summed E-state index contributed by atoms with van der Waals surface area (Å²) in [6.07, 6.45) is 1.60. The highest BCUT2D eigenvalue weighted by Gasteiger charge is 2.32. The van der Waals surface area contributed by atoms with Crippen LogP contribution in [0.1, 0.15) is 34.6 Å². The number of ether oxygens (including phenoxy) is 1. The molecule has 10 heteroatoms. The summed E-state index contributed by atoms with van der Waals surface area (Å²) in [5.41, 5.74) is 2.37. The second-order valence-corrected chi connectivity index (χ2v) is 10.7. The molecule has 1 atom stereocenters. The number of esters is 1. The first-order valence-corrected chi connectivity index (χ1v) is 14.1. The maximum atomic E-state index is 13.9. The number of fused-ring (bicyclic) bond motifs is 1. The van der Waals surface area contributed by atoms with Crippen LogP contribution in [0, 0.1) is 5.82 Å². The Morgan fingerprint density at radius 2 is 1.72 bits per heavy atom. The number of allylic oxidation sites excluding steroid dienone is 1. The highest BCUT2D eigenvalue weighted by Crippen LogP contribution is 2.31. The Labute approximate surface area is 248 Å². The Morgan fingerprint density at radius 1 is 1.00 bits per heavy atom. The van der Waals surface area contributed by atoms with Crippen molar-refractivity contribution in [3.05, 3.63) is 145 Å². The average Bonchev–Trinajstić information content (AvgIpc) is 3.61. The number of carbonyl (C=O) groups is 2. The first-order valence-electron chi connectivity index (χ1n) is 13.3. The number of hydrogen-bond donors (Lipinski definition) is 1. The van der Waals surface area contributed by atoms with Crippen LogP contribution >= 0.6 is 11.3 Å². The number of rotatable bonds is 6. The first kappa shape index (κ1) is 27.8. The topological polar surface area (TPSA) is 103 Å². The number of hydrogen-bond acceptors (Lipinski definition) is 7. The van der Waals surface area contributed by atoms with Gasteiger partial charge in [-0.3, -0.25) is 14.2 Å². The maximum Gasteiger partial charge on any atom is 0.338 e. The summed E-state index contributed by atoms with van der Waals surface area (Å²) in [5, 5.41) is 2.89. The fraction of sp³-hybridized carbons (Fsp3) is 0.0909. The number of furan rings is 1. The van der Waals surface area contributed by atoms with Gasteiger partial charge in [-0.2, -0.15) is 0 Å². The van der Waals surface area contributed by atoms with E-state index in [1.54, 1.807) is 85.8 Å². The number of carbonyl (C=O) groups excluding carboxylic acids is 2. The van der Waals surface area contributed by atoms with Crippen molar-refractivity contribution in [3.63, 3.8) is 0 Å². The molecule has 0 spiro atoms. The molecule has 8 nitrogen and oxygen atoms in total. The minimum absolute atomic E-state index is 0.272. The van der Waals surface area contributed by atoms with Gasteiger partial charge in [-0.1, -0.05) is 59.9 Å². The van der Waals surface area contributed by atoms with Crippen molar-refractivity contribution in [2.45, 2.75) is 13.0 Å². The molecule has 1 aliphatic heterocycles. The SMILES string of the molecule is COC(=O)c1ccccc1-c1ccc(/C=c2/sc3n(c2=O)C(c2ccc(F)cc2)C(C(=O)Nc2ccccc2)=C(C)N=3)o1. The molecule has 3 aromatic carbocycles. The zero-order chi connectivity index (χ0) is 30.1. The molecule has 1 unspecified atom stereocenters. The van der Waals surface area contributed by atoms with Crippen LogP contribution in [0.3, 0.4) is 0 Å². The number of aromatic nitrogens is 1. The summed E-state index contributed by atoms with van der Waals surface area (Å²) in [7, 11) is 1.31. The van der Waals surface area contributed by atoms with E-state index in [9.17, 15) is 18.8 Å². The van der Waals surface area contributed by atoms with Gasteiger partial charge in [0, 0.05) is 17.3 Å². The predicted molar refractivity (Wildman–Crippen MR) is 161 cm³/mol. The van der Waals surface area contributed by atoms with Gasteiger partial charge in [-0.05, 0) is 55.0 Å². The Kier molecular flexibility index (Phi) is 7.43. The lowest BCUT2D eigenvalue weighted by molar-refractivity contribution is -0.113. The summed E-state index contributed by atoms with van der Waals surface area (Å²) < 4.78 is 26.6. The number of nitrogens with zero attached hydrogens (tertiary/aromatic N) is 2. The minimum atomic E-state index is -0.846. The minimum Gasteiger partial charge on any atom is -0.465 e. The molecule has 1 amide bonds. The Bertz CT molecular complexity index is 2070. The number of benzene rings is 3. The molecule has 0 bridgehead atoms. The number of thiazole rings is 1. The Morgan fingerprint density at radius 3 is 2.47 bits per heavy atom. The molecule has 214 valence electrons. The number of anilines is 1. The first-order chi connectivity index (χ1) is 20.8. The smallest absolute Gasteiger partial charge is 0.338 e. The van der Waals surface area contributed by atoms with Gasteiger partial charge in [-0.25, -0.2) is 14.2 Å². The zero-order valence-corrected chi connectivity index (χ0v) is 23.9. The molecule has 0 saturated carbocycles. The van der Waals surface area contributed by atoms with Gasteiger partial charge >= 0.3 is 5.97 Å². The van der Waals surface area contributed by atoms with E-state index in [1.165, 1.54) is 23.8 Å². The lowest BCUT2D eigenvalue weighted by Crippen LogP contribution is -2.40. The third-order valence-electron chi connectivity index (χ3n) is 6.98. The second-order valence-electron chi connectivity index (χ2n) is 9.69. The van der Waals surface area contributed by atoms with E-state index in [1.807, 2.05) is 6.07 Å². The molecule has 2 aromatic heterocycles. The van der Waals surface area contributed by atoms with Crippen LogP contribution in [0.2, 0.25) is 0 Å². The molecular weight excluding hydrogens is 569 g/mol. The van der Waals surface area contributed by atoms with Gasteiger partial charge in [-0.15, -0.1) is 0 Å². The van der Waals surface area contributed by atoms with Crippen molar-refractivity contribution in [2.75, 3.05) is 12.4 Å². The van der Waals surface area contributed by atoms with Crippen LogP contribution in [-0.2, 0) is 9.53 Å². The van der Waals surface area contributed by atoms with E-state index in [2.05, 4.69) is 10.3 Å². The molecule has 6 rings (SSSR count). The standard InChI is InChI=1S/C33H24FN3O5S/c1-19-28(30(38)36-22-8-4-3-5-9-22)29(20-12-14-21(34)15-13-20)37-31(39)27(43-33(37)35-19)18-23-16-17-26(42-23)24-10-6-7-11-25(24)32(40)41-2/h3-18,29H,1-2H3,(H,36,38)/b27-18+. The van der Waals surface area contributed by atoms with Crippen molar-refractivity contribution in [2.24, 2.45) is 4.99 Å². The third-order valence-corrected chi connectivity index (χ3v) is 7.96. The Hall–Kier alpha value is -5.35. The van der Waals surface area contributed by atoms with Crippen LogP contribution in [0.25, 0.3) is 17.4 Å². The molecule has 0 fully saturated rings. The van der Waals surface area contributed by atoms with Crippen LogP contribution in [-0.4, -0.2) is 23.6 Å². The van der Waals surface area contributed by atoms with Gasteiger partial charge in [0.05, 0.1) is 34.5 Å². The van der Waals surface area contributed by atoms with Crippen LogP contribution < -0.4 is 20.2 Å². The maximum absolute atomic E-state index is 13.9. The van der Waals surface area contributed by atoms with Crippen molar-refractivity contribution < 1.29 is 23.1 Å². The lowest BCUT2D eigenvalue weighted by Gasteiger charge is -2.25. The quantitative estimate of drug-likeness (QED) is 0.277. The van der Waals surface area contributed by atoms with Gasteiger partial charge in [0.2, 0.25) is 0 Å². The number of para-hydroxylation sites is 1. The number of halogens is 1. The highest BCUT2D eigenvalue weighted by molar-refractivity contribution is 7.07. The van der Waals surface area contributed by atoms with Gasteiger partial charge in [0.15, 0.2) is 4.80 Å². The predicted octanol–water partition coefficient (Wildman–Crippen LogP) is 5.06. The molecule has 5 aromatic rings. The molecule has 1 N–H and O–H groups in total. The molecule has 43 heavy (non-hydrogen) atoms. The summed E-state index contributed by atoms with van der Waals surface area (Å²) >= 11 is 1.15. The van der Waals surface area contributed by atoms with E-state index in [0.717, 1.165) is 11.3 Å². The summed E-state index contributed by atoms with van der Waals surface area (Å²) in [5.74, 6) is -0.536. The van der Waals surface area contributed by atoms with Crippen LogP contribution in [0.15, 0.2) is 116 Å². The van der Waals surface area contributed by atoms with Gasteiger partial charge < -0.3 is 14.5 Å². The summed E-state index contributed by atoms with van der Waals surface area (Å²) in [4.78, 5) is 44.8. The van der Waals surface area contributed by atoms with E-state index in [4.69, 9.17) is 9.15 Å². The monoisotopic (exact) mass is 593 g/mol. The van der Waals surface area contributed by atoms with E-state index in [0.29, 0.717) is 48.9 Å². The van der Waals surface area contributed by atoms with E-state index in [-0.39, 0.29) is 11.1 Å². The number of amides is 1. The number of nitrogens with one attached hydrogen (secondary N) is 1. The Balaban J connectivity index is 1.44. The van der Waals surface area contributed by atoms with Crippen molar-refractivity contribution in [3.8, 4) is 11.3 Å². The van der Waals surface area contributed by atoms with Crippen LogP contribution in [0.5, 0.6) is 0 Å². The van der Waals surface area contributed by atoms with E-state index < -0.39 is 23.7 Å². The van der Waals surface area contributed by atoms with Crippen molar-refractivity contribution in [1.29, 1.82) is 0 Å². The van der Waals surface area contributed by atoms with Crippen molar-refractivity contribution in [1.82, 2.24) is 4.57 Å². The van der Waals surface area contributed by atoms with Gasteiger partial charge in [0.25, 0.3) is 11.5 Å². The van der Waals surface area contributed by atoms with E-state index >= 15 is 0 Å². The molecule has 0 radical (unpaired) electrons. The summed E-state index contributed by atoms with van der Waals surface area (Å²) in [6.45, 7) is 1.71. The van der Waals surface area contributed by atoms with Crippen LogP contribution in [0.4, 0.5) is 10.1 Å². The third kappa shape index (κ3) is 5.35. The fourth-order valence-corrected chi connectivity index (χ4v) is 6.01. The normalized spacial score (nSPS) is 14.7. The second kappa shape index (κ2) is 11.5. The van der Waals surface area contributed by atoms with Crippen molar-refractivity contribution >= 4 is 35.0 Å². The largest absolute Gasteiger partial charge is 0.465 e. The molecular formula is C33H24FN3O5S. The van der Waals surface area contributed by atoms with Gasteiger partial charge in [0.1, 0.15) is 17.3 Å². The highest BCUT2D eigenvalue weighted by atomic mass is 32.1. The molecule has 1 aliphatic rings. The fourth-order valence-electron chi connectivity index (χ4n) is 4.98. The molecule has 3 heterocycles. The summed E-state index contributed by atoms with van der Waals surface area (Å²) in [6, 6.07) is 24.1. The number of methoxy groups -OCH3 is 1.